The molecule has 0 saturated heterocycles. The Kier molecular flexibility index (Phi) is 7.72. The van der Waals surface area contributed by atoms with Crippen molar-refractivity contribution < 1.29 is 20.1 Å². The lowest BCUT2D eigenvalue weighted by molar-refractivity contribution is -0.860. The predicted octanol–water partition coefficient (Wildman–Crippen LogP) is -0.550. The molecule has 1 atom stereocenters. The van der Waals surface area contributed by atoms with Crippen molar-refractivity contribution >= 4 is 0 Å². The van der Waals surface area contributed by atoms with E-state index in [2.05, 4.69) is 45.4 Å². The summed E-state index contributed by atoms with van der Waals surface area (Å²) in [6, 6.07) is 4.17. The SMILES string of the molecule is Cc1ccc(C)c(OC[C@H](O)C[NH2+]CCC[NH+](C)C)c1C. The van der Waals surface area contributed by atoms with Gasteiger partial charge in [-0.05, 0) is 37.5 Å². The van der Waals surface area contributed by atoms with Gasteiger partial charge in [-0.25, -0.2) is 0 Å². The van der Waals surface area contributed by atoms with Gasteiger partial charge in [0.1, 0.15) is 25.0 Å². The third-order valence-electron chi connectivity index (χ3n) is 3.82. The molecule has 4 N–H and O–H groups in total. The fraction of sp³-hybridized carbons (Fsp3) is 0.647. The highest BCUT2D eigenvalue weighted by atomic mass is 16.5. The normalized spacial score (nSPS) is 12.7. The van der Waals surface area contributed by atoms with Crippen LogP contribution in [0.5, 0.6) is 5.75 Å². The van der Waals surface area contributed by atoms with Crippen LogP contribution in [-0.4, -0.2) is 51.5 Å². The quantitative estimate of drug-likeness (QED) is 0.536. The van der Waals surface area contributed by atoms with Crippen LogP contribution in [0.1, 0.15) is 23.1 Å². The fourth-order valence-corrected chi connectivity index (χ4v) is 2.31. The first-order valence-corrected chi connectivity index (χ1v) is 7.90. The number of aliphatic hydroxyl groups excluding tert-OH is 1. The lowest BCUT2D eigenvalue weighted by Gasteiger charge is -2.16. The second-order valence-electron chi connectivity index (χ2n) is 6.24. The van der Waals surface area contributed by atoms with E-state index in [1.807, 2.05) is 6.92 Å². The molecule has 0 amide bonds. The summed E-state index contributed by atoms with van der Waals surface area (Å²) in [5, 5.41) is 12.2. The minimum atomic E-state index is -0.420. The first kappa shape index (κ1) is 18.0. The van der Waals surface area contributed by atoms with Crippen molar-refractivity contribution in [3.8, 4) is 5.75 Å². The lowest BCUT2D eigenvalue weighted by Crippen LogP contribution is -3.06. The van der Waals surface area contributed by atoms with Crippen LogP contribution in [0.15, 0.2) is 12.1 Å². The van der Waals surface area contributed by atoms with Gasteiger partial charge in [-0.1, -0.05) is 12.1 Å². The molecule has 0 aliphatic rings. The summed E-state index contributed by atoms with van der Waals surface area (Å²) in [6.07, 6.45) is 0.752. The van der Waals surface area contributed by atoms with Gasteiger partial charge in [-0.2, -0.15) is 0 Å². The van der Waals surface area contributed by atoms with E-state index in [-0.39, 0.29) is 0 Å². The van der Waals surface area contributed by atoms with Crippen molar-refractivity contribution in [2.24, 2.45) is 0 Å². The van der Waals surface area contributed by atoms with E-state index >= 15 is 0 Å². The number of aryl methyl sites for hydroxylation is 2. The van der Waals surface area contributed by atoms with E-state index in [0.29, 0.717) is 13.2 Å². The molecule has 1 aromatic rings. The van der Waals surface area contributed by atoms with Crippen LogP contribution >= 0.6 is 0 Å². The number of rotatable bonds is 9. The van der Waals surface area contributed by atoms with Crippen LogP contribution < -0.4 is 15.0 Å². The van der Waals surface area contributed by atoms with Gasteiger partial charge in [-0.15, -0.1) is 0 Å². The van der Waals surface area contributed by atoms with E-state index in [0.717, 1.165) is 17.9 Å². The Bertz CT molecular complexity index is 433. The molecule has 0 radical (unpaired) electrons. The van der Waals surface area contributed by atoms with Crippen LogP contribution in [0.4, 0.5) is 0 Å². The molecule has 1 rings (SSSR count). The summed E-state index contributed by atoms with van der Waals surface area (Å²) in [6.45, 7) is 9.49. The summed E-state index contributed by atoms with van der Waals surface area (Å²) in [5.41, 5.74) is 3.52. The number of hydrogen-bond donors (Lipinski definition) is 3. The van der Waals surface area contributed by atoms with Crippen LogP contribution in [-0.2, 0) is 0 Å². The zero-order valence-corrected chi connectivity index (χ0v) is 14.2. The number of hydrogen-bond acceptors (Lipinski definition) is 2. The number of nitrogens with one attached hydrogen (secondary N) is 1. The molecule has 0 spiro atoms. The zero-order valence-electron chi connectivity index (χ0n) is 14.2. The van der Waals surface area contributed by atoms with Crippen LogP contribution in [0.25, 0.3) is 0 Å². The summed E-state index contributed by atoms with van der Waals surface area (Å²) in [4.78, 5) is 1.47. The fourth-order valence-electron chi connectivity index (χ4n) is 2.31. The third-order valence-corrected chi connectivity index (χ3v) is 3.82. The van der Waals surface area contributed by atoms with E-state index < -0.39 is 6.10 Å². The van der Waals surface area contributed by atoms with Gasteiger partial charge in [0.15, 0.2) is 0 Å². The first-order chi connectivity index (χ1) is 9.91. The van der Waals surface area contributed by atoms with E-state index in [9.17, 15) is 5.11 Å². The van der Waals surface area contributed by atoms with E-state index in [4.69, 9.17) is 4.74 Å². The lowest BCUT2D eigenvalue weighted by atomic mass is 10.1. The Labute approximate surface area is 129 Å². The molecule has 0 aromatic heterocycles. The van der Waals surface area contributed by atoms with Crippen molar-refractivity contribution in [1.29, 1.82) is 0 Å². The number of benzene rings is 1. The average Bonchev–Trinajstić information content (AvgIpc) is 2.42. The van der Waals surface area contributed by atoms with Crippen molar-refractivity contribution in [3.63, 3.8) is 0 Å². The van der Waals surface area contributed by atoms with Gasteiger partial charge >= 0.3 is 0 Å². The highest BCUT2D eigenvalue weighted by molar-refractivity contribution is 5.44. The number of aliphatic hydroxyl groups is 1. The van der Waals surface area contributed by atoms with Gasteiger partial charge in [0, 0.05) is 6.42 Å². The van der Waals surface area contributed by atoms with E-state index in [1.165, 1.54) is 29.0 Å². The van der Waals surface area contributed by atoms with Gasteiger partial charge in [-0.3, -0.25) is 0 Å². The standard InChI is InChI=1S/C17H30N2O2/c1-13-7-8-14(2)17(15(13)3)21-12-16(20)11-18-9-6-10-19(4)5/h7-8,16,18,20H,6,9-12H2,1-5H3/p+2/t16-/m1/s1. The van der Waals surface area contributed by atoms with Crippen molar-refractivity contribution in [1.82, 2.24) is 0 Å². The highest BCUT2D eigenvalue weighted by Crippen LogP contribution is 2.25. The Balaban J connectivity index is 2.30. The Hall–Kier alpha value is -1.10. The Morgan fingerprint density at radius 2 is 1.86 bits per heavy atom. The number of quaternary nitrogens is 2. The van der Waals surface area contributed by atoms with Crippen LogP contribution in [0.3, 0.4) is 0 Å². The zero-order chi connectivity index (χ0) is 15.8. The smallest absolute Gasteiger partial charge is 0.137 e. The molecule has 4 heteroatoms. The second-order valence-corrected chi connectivity index (χ2v) is 6.24. The molecule has 0 bridgehead atoms. The molecule has 4 nitrogen and oxygen atoms in total. The molecular weight excluding hydrogens is 264 g/mol. The van der Waals surface area contributed by atoms with Crippen LogP contribution in [0.2, 0.25) is 0 Å². The van der Waals surface area contributed by atoms with E-state index in [1.54, 1.807) is 0 Å². The maximum absolute atomic E-state index is 10.0. The predicted molar refractivity (Wildman–Crippen MR) is 86.1 cm³/mol. The molecule has 0 heterocycles. The molecule has 120 valence electrons. The Morgan fingerprint density at radius 1 is 1.19 bits per heavy atom. The molecule has 0 fully saturated rings. The van der Waals surface area contributed by atoms with Gasteiger partial charge in [0.2, 0.25) is 0 Å². The average molecular weight is 296 g/mol. The van der Waals surface area contributed by atoms with Gasteiger partial charge < -0.3 is 20.1 Å². The van der Waals surface area contributed by atoms with Crippen molar-refractivity contribution in [2.45, 2.75) is 33.3 Å². The second kappa shape index (κ2) is 9.03. The molecule has 0 aliphatic heterocycles. The van der Waals surface area contributed by atoms with Crippen molar-refractivity contribution in [3.05, 3.63) is 28.8 Å². The topological polar surface area (TPSA) is 50.5 Å². The van der Waals surface area contributed by atoms with Gasteiger partial charge in [0.05, 0.1) is 27.2 Å². The number of nitrogens with two attached hydrogens (primary N) is 1. The molecule has 0 unspecified atom stereocenters. The molecule has 0 aliphatic carbocycles. The highest BCUT2D eigenvalue weighted by Gasteiger charge is 2.11. The maximum Gasteiger partial charge on any atom is 0.137 e. The summed E-state index contributed by atoms with van der Waals surface area (Å²) >= 11 is 0. The third kappa shape index (κ3) is 6.46. The number of ether oxygens (including phenoxy) is 1. The largest absolute Gasteiger partial charge is 0.490 e. The molecule has 21 heavy (non-hydrogen) atoms. The minimum absolute atomic E-state index is 0.362. The summed E-state index contributed by atoms with van der Waals surface area (Å²) in [5.74, 6) is 0.922. The first-order valence-electron chi connectivity index (χ1n) is 7.90. The monoisotopic (exact) mass is 296 g/mol. The summed E-state index contributed by atoms with van der Waals surface area (Å²) in [7, 11) is 4.32. The molecule has 0 saturated carbocycles. The van der Waals surface area contributed by atoms with Crippen LogP contribution in [0, 0.1) is 20.8 Å². The molecule has 1 aromatic carbocycles. The maximum atomic E-state index is 10.0. The van der Waals surface area contributed by atoms with Crippen molar-refractivity contribution in [2.75, 3.05) is 40.3 Å². The summed E-state index contributed by atoms with van der Waals surface area (Å²) < 4.78 is 5.83. The molecular formula is C17H32N2O2+2. The minimum Gasteiger partial charge on any atom is -0.490 e. The van der Waals surface area contributed by atoms with Gasteiger partial charge in [0.25, 0.3) is 0 Å². The Morgan fingerprint density at radius 3 is 2.52 bits per heavy atom.